The molecular formula is C31H41ClN2O3. The van der Waals surface area contributed by atoms with Gasteiger partial charge in [-0.1, -0.05) is 76.4 Å². The highest BCUT2D eigenvalue weighted by Crippen LogP contribution is 2.40. The van der Waals surface area contributed by atoms with E-state index < -0.39 is 17.7 Å². The number of unbranched alkanes of at least 4 members (excludes halogenated alkanes) is 2. The summed E-state index contributed by atoms with van der Waals surface area (Å²) < 4.78 is 0. The standard InChI is InChI=1S/C31H41ClN2O3/c1-5-7-18-33(19-8-6-2)20-9-21-34-28(24-12-10-23(11-13-24)22(3)4)27(30(36)31(34)37)29(35)25-14-16-26(32)17-15-25/h10-17,22,28,35H,5-9,18-21H2,1-4H3/b29-27-. The molecule has 6 heteroatoms. The molecule has 0 radical (unpaired) electrons. The van der Waals surface area contributed by atoms with Crippen molar-refractivity contribution in [2.24, 2.45) is 0 Å². The number of amides is 1. The topological polar surface area (TPSA) is 60.9 Å². The van der Waals surface area contributed by atoms with Crippen molar-refractivity contribution < 1.29 is 14.7 Å². The predicted molar refractivity (Wildman–Crippen MR) is 152 cm³/mol. The molecule has 0 saturated carbocycles. The van der Waals surface area contributed by atoms with E-state index in [0.29, 0.717) is 23.0 Å². The molecule has 200 valence electrons. The Balaban J connectivity index is 1.93. The first-order valence-electron chi connectivity index (χ1n) is 13.6. The average Bonchev–Trinajstić information content (AvgIpc) is 3.15. The number of hydrogen-bond acceptors (Lipinski definition) is 4. The van der Waals surface area contributed by atoms with Crippen LogP contribution in [-0.2, 0) is 9.59 Å². The summed E-state index contributed by atoms with van der Waals surface area (Å²) in [5.41, 5.74) is 2.61. The van der Waals surface area contributed by atoms with E-state index in [1.165, 1.54) is 5.56 Å². The second-order valence-corrected chi connectivity index (χ2v) is 10.7. The molecule has 1 atom stereocenters. The summed E-state index contributed by atoms with van der Waals surface area (Å²) in [7, 11) is 0. The van der Waals surface area contributed by atoms with Crippen LogP contribution in [0.1, 0.15) is 88.4 Å². The van der Waals surface area contributed by atoms with Crippen molar-refractivity contribution in [2.75, 3.05) is 26.2 Å². The molecule has 0 aliphatic carbocycles. The Kier molecular flexibility index (Phi) is 10.8. The van der Waals surface area contributed by atoms with Gasteiger partial charge in [-0.15, -0.1) is 0 Å². The summed E-state index contributed by atoms with van der Waals surface area (Å²) in [6.45, 7) is 12.1. The highest BCUT2D eigenvalue weighted by atomic mass is 35.5. The normalized spacial score (nSPS) is 17.4. The van der Waals surface area contributed by atoms with Gasteiger partial charge in [-0.2, -0.15) is 0 Å². The van der Waals surface area contributed by atoms with Gasteiger partial charge in [0.1, 0.15) is 5.76 Å². The summed E-state index contributed by atoms with van der Waals surface area (Å²) in [6, 6.07) is 14.1. The van der Waals surface area contributed by atoms with Gasteiger partial charge in [0.05, 0.1) is 11.6 Å². The van der Waals surface area contributed by atoms with Crippen LogP contribution in [0, 0.1) is 0 Å². The lowest BCUT2D eigenvalue weighted by Gasteiger charge is -2.27. The number of hydrogen-bond donors (Lipinski definition) is 1. The Morgan fingerprint density at radius 1 is 0.919 bits per heavy atom. The number of aliphatic hydroxyl groups is 1. The van der Waals surface area contributed by atoms with Gasteiger partial charge in [-0.05, 0) is 80.2 Å². The minimum absolute atomic E-state index is 0.137. The fourth-order valence-corrected chi connectivity index (χ4v) is 4.97. The third-order valence-electron chi connectivity index (χ3n) is 7.11. The van der Waals surface area contributed by atoms with Crippen LogP contribution < -0.4 is 0 Å². The summed E-state index contributed by atoms with van der Waals surface area (Å²) in [5.74, 6) is -0.990. The molecule has 3 rings (SSSR count). The molecule has 0 bridgehead atoms. The van der Waals surface area contributed by atoms with Crippen molar-refractivity contribution in [1.82, 2.24) is 9.80 Å². The monoisotopic (exact) mass is 524 g/mol. The third-order valence-corrected chi connectivity index (χ3v) is 7.36. The van der Waals surface area contributed by atoms with E-state index in [9.17, 15) is 14.7 Å². The number of benzene rings is 2. The van der Waals surface area contributed by atoms with E-state index in [0.717, 1.165) is 57.3 Å². The Morgan fingerprint density at radius 3 is 2.03 bits per heavy atom. The van der Waals surface area contributed by atoms with Gasteiger partial charge in [0.15, 0.2) is 0 Å². The molecule has 5 nitrogen and oxygen atoms in total. The van der Waals surface area contributed by atoms with Crippen molar-refractivity contribution in [3.8, 4) is 0 Å². The van der Waals surface area contributed by atoms with Gasteiger partial charge in [0, 0.05) is 17.1 Å². The predicted octanol–water partition coefficient (Wildman–Crippen LogP) is 7.18. The van der Waals surface area contributed by atoms with E-state index in [4.69, 9.17) is 11.6 Å². The second kappa shape index (κ2) is 13.8. The number of halogens is 1. The van der Waals surface area contributed by atoms with Gasteiger partial charge in [0.25, 0.3) is 11.7 Å². The molecule has 2 aromatic rings. The van der Waals surface area contributed by atoms with E-state index in [2.05, 4.69) is 32.6 Å². The quantitative estimate of drug-likeness (QED) is 0.171. The van der Waals surface area contributed by atoms with E-state index in [1.807, 2.05) is 24.3 Å². The average molecular weight is 525 g/mol. The molecular weight excluding hydrogens is 484 g/mol. The van der Waals surface area contributed by atoms with Crippen LogP contribution in [0.25, 0.3) is 5.76 Å². The molecule has 0 aromatic heterocycles. The number of aliphatic hydroxyl groups excluding tert-OH is 1. The minimum atomic E-state index is -0.640. The molecule has 1 fully saturated rings. The molecule has 2 aromatic carbocycles. The van der Waals surface area contributed by atoms with Gasteiger partial charge in [-0.3, -0.25) is 9.59 Å². The van der Waals surface area contributed by atoms with Gasteiger partial charge in [0.2, 0.25) is 0 Å². The number of carbonyl (C=O) groups is 2. The first-order valence-corrected chi connectivity index (χ1v) is 14.0. The van der Waals surface area contributed by atoms with Gasteiger partial charge >= 0.3 is 0 Å². The maximum Gasteiger partial charge on any atom is 0.295 e. The highest BCUT2D eigenvalue weighted by molar-refractivity contribution is 6.46. The smallest absolute Gasteiger partial charge is 0.295 e. The van der Waals surface area contributed by atoms with Crippen LogP contribution in [0.3, 0.4) is 0 Å². The van der Waals surface area contributed by atoms with E-state index in [1.54, 1.807) is 29.2 Å². The number of likely N-dealkylation sites (tertiary alicyclic amines) is 1. The number of rotatable bonds is 13. The van der Waals surface area contributed by atoms with Crippen molar-refractivity contribution in [3.05, 3.63) is 75.8 Å². The largest absolute Gasteiger partial charge is 0.507 e. The Hall–Kier alpha value is -2.63. The van der Waals surface area contributed by atoms with Gasteiger partial charge < -0.3 is 14.9 Å². The second-order valence-electron chi connectivity index (χ2n) is 10.2. The molecule has 1 amide bonds. The van der Waals surface area contributed by atoms with Crippen molar-refractivity contribution in [2.45, 2.75) is 71.8 Å². The molecule has 1 saturated heterocycles. The fourth-order valence-electron chi connectivity index (χ4n) is 4.85. The first-order chi connectivity index (χ1) is 17.8. The highest BCUT2D eigenvalue weighted by Gasteiger charge is 2.45. The van der Waals surface area contributed by atoms with Crippen LogP contribution in [0.4, 0.5) is 0 Å². The van der Waals surface area contributed by atoms with E-state index in [-0.39, 0.29) is 11.3 Å². The zero-order valence-electron chi connectivity index (χ0n) is 22.7. The molecule has 37 heavy (non-hydrogen) atoms. The lowest BCUT2D eigenvalue weighted by atomic mass is 9.93. The van der Waals surface area contributed by atoms with Crippen LogP contribution >= 0.6 is 11.6 Å². The minimum Gasteiger partial charge on any atom is -0.507 e. The summed E-state index contributed by atoms with van der Waals surface area (Å²) in [4.78, 5) is 30.7. The molecule has 1 N–H and O–H groups in total. The maximum atomic E-state index is 13.3. The van der Waals surface area contributed by atoms with Crippen molar-refractivity contribution in [3.63, 3.8) is 0 Å². The lowest BCUT2D eigenvalue weighted by Crippen LogP contribution is -2.34. The molecule has 1 heterocycles. The van der Waals surface area contributed by atoms with Crippen LogP contribution in [0.15, 0.2) is 54.1 Å². The molecule has 1 aliphatic heterocycles. The zero-order valence-corrected chi connectivity index (χ0v) is 23.4. The maximum absolute atomic E-state index is 13.3. The third kappa shape index (κ3) is 7.24. The van der Waals surface area contributed by atoms with Crippen LogP contribution in [0.2, 0.25) is 5.02 Å². The molecule has 0 spiro atoms. The SMILES string of the molecule is CCCCN(CCCC)CCCN1C(=O)C(=O)/C(=C(\O)c2ccc(Cl)cc2)C1c1ccc(C(C)C)cc1. The summed E-state index contributed by atoms with van der Waals surface area (Å²) in [6.07, 6.45) is 5.36. The number of Topliss-reactive ketones (excluding diaryl/α,β-unsaturated/α-hetero) is 1. The lowest BCUT2D eigenvalue weighted by molar-refractivity contribution is -0.140. The van der Waals surface area contributed by atoms with Crippen LogP contribution in [-0.4, -0.2) is 52.8 Å². The Bertz CT molecular complexity index is 1070. The number of carbonyl (C=O) groups excluding carboxylic acids is 2. The number of nitrogens with zero attached hydrogens (tertiary/aromatic N) is 2. The first kappa shape index (κ1) is 28.9. The Labute approximate surface area is 227 Å². The zero-order chi connectivity index (χ0) is 26.9. The van der Waals surface area contributed by atoms with Crippen molar-refractivity contribution >= 4 is 29.1 Å². The number of ketones is 1. The van der Waals surface area contributed by atoms with Crippen molar-refractivity contribution in [1.29, 1.82) is 0 Å². The Morgan fingerprint density at radius 2 is 1.49 bits per heavy atom. The summed E-state index contributed by atoms with van der Waals surface area (Å²) in [5, 5.41) is 11.8. The molecule has 1 aliphatic rings. The van der Waals surface area contributed by atoms with E-state index >= 15 is 0 Å². The van der Waals surface area contributed by atoms with Crippen LogP contribution in [0.5, 0.6) is 0 Å². The summed E-state index contributed by atoms with van der Waals surface area (Å²) >= 11 is 6.03. The van der Waals surface area contributed by atoms with Gasteiger partial charge in [-0.25, -0.2) is 0 Å². The fraction of sp³-hybridized carbons (Fsp3) is 0.484. The molecule has 1 unspecified atom stereocenters.